The molecule has 1 saturated heterocycles. The van der Waals surface area contributed by atoms with Gasteiger partial charge in [-0.25, -0.2) is 4.39 Å². The topological polar surface area (TPSA) is 33.7 Å². The summed E-state index contributed by atoms with van der Waals surface area (Å²) in [5, 5.41) is 3.20. The molecule has 1 aromatic carbocycles. The summed E-state index contributed by atoms with van der Waals surface area (Å²) in [6.45, 7) is 9.77. The van der Waals surface area contributed by atoms with Gasteiger partial charge in [0.05, 0.1) is 6.61 Å². The van der Waals surface area contributed by atoms with Gasteiger partial charge in [-0.2, -0.15) is 0 Å². The lowest BCUT2D eigenvalue weighted by Gasteiger charge is -2.32. The van der Waals surface area contributed by atoms with Crippen LogP contribution in [-0.4, -0.2) is 50.4 Å². The van der Waals surface area contributed by atoms with Crippen LogP contribution in [-0.2, 0) is 11.3 Å². The zero-order valence-corrected chi connectivity index (χ0v) is 12.9. The Hall–Kier alpha value is -1.17. The second kappa shape index (κ2) is 8.32. The summed E-state index contributed by atoms with van der Waals surface area (Å²) in [6, 6.07) is 4.66. The monoisotopic (exact) mass is 296 g/mol. The molecule has 1 atom stereocenters. The zero-order valence-electron chi connectivity index (χ0n) is 12.9. The Kier molecular flexibility index (Phi) is 6.42. The van der Waals surface area contributed by atoms with Crippen LogP contribution in [0.5, 0.6) is 5.75 Å². The van der Waals surface area contributed by atoms with E-state index in [-0.39, 0.29) is 11.9 Å². The molecule has 0 bridgehead atoms. The van der Waals surface area contributed by atoms with E-state index < -0.39 is 0 Å². The molecular formula is C16H25FN2O2. The highest BCUT2D eigenvalue weighted by Crippen LogP contribution is 2.20. The molecule has 1 aliphatic heterocycles. The maximum atomic E-state index is 13.4. The van der Waals surface area contributed by atoms with Gasteiger partial charge in [-0.15, -0.1) is 0 Å². The standard InChI is InChI=1S/C16H25FN2O2/c1-3-18-10-13-9-14(17)5-6-16(13)21-12-15-11-19(4-2)7-8-20-15/h5-6,9,15,18H,3-4,7-8,10-12H2,1-2H3. The first-order valence-electron chi connectivity index (χ1n) is 7.68. The first kappa shape index (κ1) is 16.2. The molecule has 1 unspecified atom stereocenters. The fourth-order valence-corrected chi connectivity index (χ4v) is 2.44. The van der Waals surface area contributed by atoms with E-state index in [0.717, 1.165) is 44.1 Å². The zero-order chi connectivity index (χ0) is 15.1. The van der Waals surface area contributed by atoms with Gasteiger partial charge in [0.25, 0.3) is 0 Å². The molecule has 21 heavy (non-hydrogen) atoms. The number of morpholine rings is 1. The van der Waals surface area contributed by atoms with Crippen molar-refractivity contribution < 1.29 is 13.9 Å². The van der Waals surface area contributed by atoms with Crippen LogP contribution in [0.1, 0.15) is 19.4 Å². The molecule has 1 N–H and O–H groups in total. The van der Waals surface area contributed by atoms with Crippen molar-refractivity contribution in [2.24, 2.45) is 0 Å². The van der Waals surface area contributed by atoms with Crippen molar-refractivity contribution in [1.29, 1.82) is 0 Å². The van der Waals surface area contributed by atoms with E-state index in [1.807, 2.05) is 6.92 Å². The largest absolute Gasteiger partial charge is 0.490 e. The first-order valence-corrected chi connectivity index (χ1v) is 7.68. The summed E-state index contributed by atoms with van der Waals surface area (Å²) in [5.74, 6) is 0.496. The fraction of sp³-hybridized carbons (Fsp3) is 0.625. The summed E-state index contributed by atoms with van der Waals surface area (Å²) in [6.07, 6.45) is 0.0794. The van der Waals surface area contributed by atoms with E-state index in [0.29, 0.717) is 13.2 Å². The lowest BCUT2D eigenvalue weighted by atomic mass is 10.2. The van der Waals surface area contributed by atoms with Crippen LogP contribution in [0.2, 0.25) is 0 Å². The molecule has 5 heteroatoms. The Bertz CT molecular complexity index is 442. The summed E-state index contributed by atoms with van der Waals surface area (Å²) in [4.78, 5) is 2.35. The lowest BCUT2D eigenvalue weighted by molar-refractivity contribution is -0.0465. The van der Waals surface area contributed by atoms with E-state index in [4.69, 9.17) is 9.47 Å². The second-order valence-corrected chi connectivity index (χ2v) is 5.23. The normalized spacial score (nSPS) is 19.7. The molecule has 0 spiro atoms. The maximum Gasteiger partial charge on any atom is 0.124 e. The molecule has 1 aromatic rings. The number of likely N-dealkylation sites (N-methyl/N-ethyl adjacent to an activating group) is 1. The average Bonchev–Trinajstić information content (AvgIpc) is 2.52. The number of nitrogens with one attached hydrogen (secondary N) is 1. The number of ether oxygens (including phenoxy) is 2. The summed E-state index contributed by atoms with van der Waals surface area (Å²) >= 11 is 0. The number of nitrogens with zero attached hydrogens (tertiary/aromatic N) is 1. The molecule has 1 fully saturated rings. The molecule has 0 saturated carbocycles. The van der Waals surface area contributed by atoms with E-state index >= 15 is 0 Å². The van der Waals surface area contributed by atoms with E-state index in [1.165, 1.54) is 12.1 Å². The molecule has 4 nitrogen and oxygen atoms in total. The van der Waals surface area contributed by atoms with Crippen LogP contribution < -0.4 is 10.1 Å². The molecule has 0 amide bonds. The van der Waals surface area contributed by atoms with Crippen molar-refractivity contribution in [3.8, 4) is 5.75 Å². The molecule has 2 rings (SSSR count). The molecule has 1 heterocycles. The van der Waals surface area contributed by atoms with Gasteiger partial charge in [-0.3, -0.25) is 4.90 Å². The quantitative estimate of drug-likeness (QED) is 0.835. The van der Waals surface area contributed by atoms with Crippen LogP contribution in [0.25, 0.3) is 0 Å². The van der Waals surface area contributed by atoms with E-state index in [2.05, 4.69) is 17.1 Å². The Morgan fingerprint density at radius 2 is 2.29 bits per heavy atom. The molecule has 118 valence electrons. The summed E-state index contributed by atoms with van der Waals surface area (Å²) < 4.78 is 24.9. The highest BCUT2D eigenvalue weighted by molar-refractivity contribution is 5.34. The van der Waals surface area contributed by atoms with Crippen LogP contribution in [0.3, 0.4) is 0 Å². The Morgan fingerprint density at radius 1 is 1.43 bits per heavy atom. The number of hydrogen-bond donors (Lipinski definition) is 1. The van der Waals surface area contributed by atoms with Crippen molar-refractivity contribution in [1.82, 2.24) is 10.2 Å². The first-order chi connectivity index (χ1) is 10.2. The van der Waals surface area contributed by atoms with Crippen molar-refractivity contribution in [3.05, 3.63) is 29.6 Å². The van der Waals surface area contributed by atoms with Gasteiger partial charge in [0.15, 0.2) is 0 Å². The van der Waals surface area contributed by atoms with Crippen LogP contribution in [0.15, 0.2) is 18.2 Å². The molecule has 1 aliphatic rings. The second-order valence-electron chi connectivity index (χ2n) is 5.23. The van der Waals surface area contributed by atoms with E-state index in [1.54, 1.807) is 6.07 Å². The van der Waals surface area contributed by atoms with Crippen LogP contribution >= 0.6 is 0 Å². The molecular weight excluding hydrogens is 271 g/mol. The minimum atomic E-state index is -0.235. The van der Waals surface area contributed by atoms with Gasteiger partial charge < -0.3 is 14.8 Å². The minimum absolute atomic E-state index is 0.0794. The predicted octanol–water partition coefficient (Wildman–Crippen LogP) is 2.03. The van der Waals surface area contributed by atoms with Gasteiger partial charge in [-0.1, -0.05) is 13.8 Å². The van der Waals surface area contributed by atoms with Gasteiger partial charge in [0, 0.05) is 25.2 Å². The van der Waals surface area contributed by atoms with Gasteiger partial charge >= 0.3 is 0 Å². The summed E-state index contributed by atoms with van der Waals surface area (Å²) in [5.41, 5.74) is 0.847. The minimum Gasteiger partial charge on any atom is -0.490 e. The molecule has 0 aliphatic carbocycles. The van der Waals surface area contributed by atoms with Gasteiger partial charge in [0.1, 0.15) is 24.3 Å². The highest BCUT2D eigenvalue weighted by atomic mass is 19.1. The van der Waals surface area contributed by atoms with Crippen LogP contribution in [0.4, 0.5) is 4.39 Å². The maximum absolute atomic E-state index is 13.4. The third kappa shape index (κ3) is 4.95. The van der Waals surface area contributed by atoms with Gasteiger partial charge in [0.2, 0.25) is 0 Å². The number of rotatable bonds is 7. The van der Waals surface area contributed by atoms with Crippen molar-refractivity contribution >= 4 is 0 Å². The average molecular weight is 296 g/mol. The highest BCUT2D eigenvalue weighted by Gasteiger charge is 2.20. The summed E-state index contributed by atoms with van der Waals surface area (Å²) in [7, 11) is 0. The van der Waals surface area contributed by atoms with Gasteiger partial charge in [-0.05, 0) is 31.3 Å². The molecule has 0 aromatic heterocycles. The molecule has 0 radical (unpaired) electrons. The smallest absolute Gasteiger partial charge is 0.124 e. The number of benzene rings is 1. The Labute approximate surface area is 126 Å². The predicted molar refractivity (Wildman–Crippen MR) is 81.1 cm³/mol. The lowest BCUT2D eigenvalue weighted by Crippen LogP contribution is -2.44. The van der Waals surface area contributed by atoms with Crippen molar-refractivity contribution in [2.75, 3.05) is 39.4 Å². The third-order valence-corrected chi connectivity index (χ3v) is 3.68. The van der Waals surface area contributed by atoms with E-state index in [9.17, 15) is 4.39 Å². The number of hydrogen-bond acceptors (Lipinski definition) is 4. The van der Waals surface area contributed by atoms with Crippen LogP contribution in [0, 0.1) is 5.82 Å². The van der Waals surface area contributed by atoms with Crippen molar-refractivity contribution in [2.45, 2.75) is 26.5 Å². The Balaban J connectivity index is 1.92. The van der Waals surface area contributed by atoms with Crippen molar-refractivity contribution in [3.63, 3.8) is 0 Å². The number of halogens is 1. The third-order valence-electron chi connectivity index (χ3n) is 3.68. The SMILES string of the molecule is CCNCc1cc(F)ccc1OCC1CN(CC)CCO1. The Morgan fingerprint density at radius 3 is 3.05 bits per heavy atom. The fourth-order valence-electron chi connectivity index (χ4n) is 2.44.